The zero-order valence-corrected chi connectivity index (χ0v) is 19.5. The lowest BCUT2D eigenvalue weighted by atomic mass is 9.93. The number of fused-ring (bicyclic) bond motifs is 1. The van der Waals surface area contributed by atoms with Crippen LogP contribution in [-0.4, -0.2) is 23.1 Å². The molecule has 1 aromatic carbocycles. The summed E-state index contributed by atoms with van der Waals surface area (Å²) in [6.45, 7) is 9.91. The first-order valence-electron chi connectivity index (χ1n) is 11.0. The van der Waals surface area contributed by atoms with E-state index >= 15 is 0 Å². The minimum absolute atomic E-state index is 0.0103. The lowest BCUT2D eigenvalue weighted by Gasteiger charge is -2.40. The fraction of sp³-hybridized carbons (Fsp3) is 0.600. The van der Waals surface area contributed by atoms with Crippen LogP contribution in [-0.2, 0) is 6.16 Å². The van der Waals surface area contributed by atoms with Crippen molar-refractivity contribution < 1.29 is 0 Å². The van der Waals surface area contributed by atoms with E-state index in [0.717, 1.165) is 11.3 Å². The zero-order chi connectivity index (χ0) is 19.0. The van der Waals surface area contributed by atoms with Crippen molar-refractivity contribution in [3.05, 3.63) is 58.7 Å². The Labute approximate surface area is 169 Å². The molecule has 0 amide bonds. The topological polar surface area (TPSA) is 0 Å². The molecule has 0 nitrogen and oxygen atoms in total. The first kappa shape index (κ1) is 19.9. The van der Waals surface area contributed by atoms with Crippen LogP contribution in [0.5, 0.6) is 0 Å². The van der Waals surface area contributed by atoms with Crippen molar-refractivity contribution in [2.75, 3.05) is 12.3 Å². The highest BCUT2D eigenvalue weighted by Gasteiger charge is 2.48. The van der Waals surface area contributed by atoms with Crippen molar-refractivity contribution in [3.63, 3.8) is 0 Å². The van der Waals surface area contributed by atoms with Crippen LogP contribution >= 0.6 is 15.8 Å². The summed E-state index contributed by atoms with van der Waals surface area (Å²) in [6.07, 6.45) is 16.1. The Morgan fingerprint density at radius 2 is 1.85 bits per heavy atom. The van der Waals surface area contributed by atoms with Gasteiger partial charge in [-0.2, -0.15) is 0 Å². The van der Waals surface area contributed by atoms with Gasteiger partial charge in [-0.3, -0.25) is 0 Å². The third-order valence-corrected chi connectivity index (χ3v) is 13.6. The lowest BCUT2D eigenvalue weighted by Crippen LogP contribution is -2.24. The fourth-order valence-corrected chi connectivity index (χ4v) is 12.9. The van der Waals surface area contributed by atoms with E-state index in [1.54, 1.807) is 16.7 Å². The second kappa shape index (κ2) is 8.13. The molecule has 146 valence electrons. The SMILES string of the molecule is CCCCCP1Cc2ccccc2C1C1C2=C(CCC=C2)CP1C(C)(C)C. The molecule has 2 heteroatoms. The van der Waals surface area contributed by atoms with E-state index in [-0.39, 0.29) is 15.8 Å². The Hall–Kier alpha value is -0.440. The summed E-state index contributed by atoms with van der Waals surface area (Å²) >= 11 is 0. The quantitative estimate of drug-likeness (QED) is 0.346. The summed E-state index contributed by atoms with van der Waals surface area (Å²) in [5.74, 6) is 0. The monoisotopic (exact) mass is 398 g/mol. The molecular weight excluding hydrogens is 362 g/mol. The van der Waals surface area contributed by atoms with Gasteiger partial charge in [0, 0.05) is 11.3 Å². The number of benzene rings is 1. The van der Waals surface area contributed by atoms with Crippen LogP contribution < -0.4 is 0 Å². The molecule has 0 spiro atoms. The van der Waals surface area contributed by atoms with Gasteiger partial charge in [-0.15, -0.1) is 0 Å². The second-order valence-electron chi connectivity index (χ2n) is 9.56. The van der Waals surface area contributed by atoms with Gasteiger partial charge >= 0.3 is 0 Å². The van der Waals surface area contributed by atoms with Gasteiger partial charge in [0.15, 0.2) is 0 Å². The van der Waals surface area contributed by atoms with Gasteiger partial charge in [-0.1, -0.05) is 98.4 Å². The van der Waals surface area contributed by atoms with Crippen LogP contribution in [0, 0.1) is 0 Å². The van der Waals surface area contributed by atoms with Gasteiger partial charge in [0.25, 0.3) is 0 Å². The van der Waals surface area contributed by atoms with Crippen molar-refractivity contribution in [1.29, 1.82) is 0 Å². The fourth-order valence-electron chi connectivity index (χ4n) is 5.31. The van der Waals surface area contributed by atoms with Gasteiger partial charge in [0.1, 0.15) is 0 Å². The molecule has 0 saturated carbocycles. The first-order valence-corrected chi connectivity index (χ1v) is 14.4. The number of hydrogen-bond donors (Lipinski definition) is 0. The number of allylic oxidation sites excluding steroid dienone is 4. The third-order valence-electron chi connectivity index (χ3n) is 6.68. The van der Waals surface area contributed by atoms with E-state index in [1.807, 2.05) is 5.57 Å². The molecule has 2 heterocycles. The number of hydrogen-bond acceptors (Lipinski definition) is 0. The molecule has 0 aromatic heterocycles. The molecule has 2 aliphatic heterocycles. The Morgan fingerprint density at radius 3 is 2.63 bits per heavy atom. The predicted octanol–water partition coefficient (Wildman–Crippen LogP) is 8.22. The van der Waals surface area contributed by atoms with Crippen LogP contribution in [0.15, 0.2) is 47.6 Å². The largest absolute Gasteiger partial charge is 0.0935 e. The van der Waals surface area contributed by atoms with Crippen LogP contribution in [0.2, 0.25) is 0 Å². The number of unbranched alkanes of at least 4 members (excludes halogenated alkanes) is 2. The lowest BCUT2D eigenvalue weighted by molar-refractivity contribution is 0.761. The Morgan fingerprint density at radius 1 is 1.04 bits per heavy atom. The van der Waals surface area contributed by atoms with Crippen molar-refractivity contribution in [2.24, 2.45) is 0 Å². The van der Waals surface area contributed by atoms with Gasteiger partial charge < -0.3 is 0 Å². The van der Waals surface area contributed by atoms with Crippen molar-refractivity contribution in [2.45, 2.75) is 82.4 Å². The Bertz CT molecular complexity index is 737. The summed E-state index contributed by atoms with van der Waals surface area (Å²) in [5.41, 5.74) is 8.68. The molecular formula is C25H36P2. The molecule has 0 N–H and O–H groups in total. The molecule has 0 bridgehead atoms. The Kier molecular flexibility index (Phi) is 5.98. The average Bonchev–Trinajstić information content (AvgIpc) is 3.19. The van der Waals surface area contributed by atoms with E-state index in [9.17, 15) is 0 Å². The first-order chi connectivity index (χ1) is 13.0. The number of rotatable bonds is 5. The summed E-state index contributed by atoms with van der Waals surface area (Å²) in [6, 6.07) is 9.50. The maximum Gasteiger partial charge on any atom is 0.0157 e. The molecule has 4 unspecified atom stereocenters. The van der Waals surface area contributed by atoms with E-state index in [4.69, 9.17) is 0 Å². The molecule has 27 heavy (non-hydrogen) atoms. The van der Waals surface area contributed by atoms with E-state index in [2.05, 4.69) is 64.1 Å². The van der Waals surface area contributed by atoms with E-state index in [0.29, 0.717) is 5.16 Å². The summed E-state index contributed by atoms with van der Waals surface area (Å²) in [7, 11) is 0.0943. The minimum atomic E-state index is 0.0103. The van der Waals surface area contributed by atoms with Gasteiger partial charge in [-0.25, -0.2) is 0 Å². The molecule has 0 radical (unpaired) electrons. The van der Waals surface area contributed by atoms with Gasteiger partial charge in [-0.05, 0) is 59.6 Å². The standard InChI is InChI=1S/C25H36P2/c1-5-6-11-16-26-17-19-12-7-9-14-21(19)23(26)24-22-15-10-8-13-20(22)18-27(24)25(2,3)4/h7,9-10,12,14-15,23-24H,5-6,8,11,13,16-18H2,1-4H3. The molecule has 4 rings (SSSR count). The third kappa shape index (κ3) is 3.87. The Balaban J connectivity index is 1.73. The van der Waals surface area contributed by atoms with Gasteiger partial charge in [0.2, 0.25) is 0 Å². The van der Waals surface area contributed by atoms with Crippen LogP contribution in [0.25, 0.3) is 0 Å². The molecule has 3 aliphatic rings. The van der Waals surface area contributed by atoms with Crippen LogP contribution in [0.4, 0.5) is 0 Å². The predicted molar refractivity (Wildman–Crippen MR) is 125 cm³/mol. The maximum atomic E-state index is 2.55. The normalized spacial score (nSPS) is 29.9. The highest BCUT2D eigenvalue weighted by Crippen LogP contribution is 2.74. The van der Waals surface area contributed by atoms with Crippen molar-refractivity contribution in [3.8, 4) is 0 Å². The van der Waals surface area contributed by atoms with Crippen molar-refractivity contribution in [1.82, 2.24) is 0 Å². The minimum Gasteiger partial charge on any atom is -0.0935 e. The van der Waals surface area contributed by atoms with E-state index < -0.39 is 0 Å². The molecule has 1 aliphatic carbocycles. The molecule has 0 saturated heterocycles. The average molecular weight is 399 g/mol. The smallest absolute Gasteiger partial charge is 0.0157 e. The van der Waals surface area contributed by atoms with Crippen LogP contribution in [0.1, 0.15) is 76.6 Å². The molecule has 1 aromatic rings. The second-order valence-corrected chi connectivity index (χ2v) is 15.2. The van der Waals surface area contributed by atoms with Gasteiger partial charge in [0.05, 0.1) is 0 Å². The highest BCUT2D eigenvalue weighted by molar-refractivity contribution is 7.64. The summed E-state index contributed by atoms with van der Waals surface area (Å²) in [4.78, 5) is 0. The highest BCUT2D eigenvalue weighted by atomic mass is 31.1. The molecule has 4 atom stereocenters. The van der Waals surface area contributed by atoms with Crippen LogP contribution in [0.3, 0.4) is 0 Å². The summed E-state index contributed by atoms with van der Waals surface area (Å²) in [5, 5.41) is 0.452. The van der Waals surface area contributed by atoms with Crippen molar-refractivity contribution >= 4 is 15.8 Å². The zero-order valence-electron chi connectivity index (χ0n) is 17.7. The maximum absolute atomic E-state index is 2.55. The summed E-state index contributed by atoms with van der Waals surface area (Å²) < 4.78 is 0. The molecule has 0 fully saturated rings. The van der Waals surface area contributed by atoms with E-state index in [1.165, 1.54) is 50.6 Å².